The van der Waals surface area contributed by atoms with E-state index < -0.39 is 17.8 Å². The Bertz CT molecular complexity index is 1550. The van der Waals surface area contributed by atoms with Gasteiger partial charge in [-0.15, -0.1) is 11.3 Å². The van der Waals surface area contributed by atoms with Crippen LogP contribution in [0.2, 0.25) is 0 Å². The van der Waals surface area contributed by atoms with Gasteiger partial charge in [-0.3, -0.25) is 9.78 Å². The van der Waals surface area contributed by atoms with Gasteiger partial charge in [0.05, 0.1) is 42.0 Å². The number of rotatable bonds is 10. The third-order valence-corrected chi connectivity index (χ3v) is 7.94. The molecule has 41 heavy (non-hydrogen) atoms. The molecule has 1 atom stereocenters. The van der Waals surface area contributed by atoms with Gasteiger partial charge in [-0.25, -0.2) is 9.40 Å². The van der Waals surface area contributed by atoms with E-state index in [1.807, 2.05) is 44.4 Å². The fraction of sp³-hybridized carbons (Fsp3) is 0.258. The summed E-state index contributed by atoms with van der Waals surface area (Å²) in [5.74, 6) is -1.28. The Morgan fingerprint density at radius 3 is 2.76 bits per heavy atom. The minimum absolute atomic E-state index is 0.00266. The van der Waals surface area contributed by atoms with Gasteiger partial charge in [0.15, 0.2) is 0 Å². The van der Waals surface area contributed by atoms with Gasteiger partial charge in [-0.1, -0.05) is 30.3 Å². The van der Waals surface area contributed by atoms with Gasteiger partial charge in [-0.05, 0) is 61.1 Å². The molecule has 2 aromatic carbocycles. The summed E-state index contributed by atoms with van der Waals surface area (Å²) in [6.45, 7) is 1.66. The summed E-state index contributed by atoms with van der Waals surface area (Å²) in [6.07, 6.45) is 3.30. The van der Waals surface area contributed by atoms with Crippen molar-refractivity contribution in [1.82, 2.24) is 14.9 Å². The Hall–Kier alpha value is -3.96. The van der Waals surface area contributed by atoms with Crippen LogP contribution in [-0.2, 0) is 18.0 Å². The predicted molar refractivity (Wildman–Crippen MR) is 156 cm³/mol. The predicted octanol–water partition coefficient (Wildman–Crippen LogP) is 5.22. The van der Waals surface area contributed by atoms with Crippen molar-refractivity contribution in [2.24, 2.45) is 5.10 Å². The molecule has 1 unspecified atom stereocenters. The van der Waals surface area contributed by atoms with Gasteiger partial charge in [-0.2, -0.15) is 5.10 Å². The lowest BCUT2D eigenvalue weighted by Gasteiger charge is -2.22. The zero-order valence-electron chi connectivity index (χ0n) is 22.8. The van der Waals surface area contributed by atoms with Crippen LogP contribution in [0, 0.1) is 5.82 Å². The number of carbonyl (C=O) groups is 1. The Kier molecular flexibility index (Phi) is 8.84. The van der Waals surface area contributed by atoms with Gasteiger partial charge in [0.2, 0.25) is 0 Å². The number of carbonyl (C=O) groups excluding carboxylic acids is 1. The van der Waals surface area contributed by atoms with E-state index in [-0.39, 0.29) is 24.3 Å². The van der Waals surface area contributed by atoms with E-state index in [0.29, 0.717) is 34.9 Å². The van der Waals surface area contributed by atoms with Crippen molar-refractivity contribution < 1.29 is 24.1 Å². The zero-order valence-corrected chi connectivity index (χ0v) is 23.6. The number of aromatic hydroxyl groups is 1. The third-order valence-electron chi connectivity index (χ3n) is 6.83. The topological polar surface area (TPSA) is 98.5 Å². The number of hydrogen-bond acceptors (Lipinski definition) is 8. The molecular weight excluding hydrogens is 543 g/mol. The molecule has 8 nitrogen and oxygen atoms in total. The largest absolute Gasteiger partial charge is 0.507 e. The number of amides is 1. The van der Waals surface area contributed by atoms with E-state index >= 15 is 4.39 Å². The van der Waals surface area contributed by atoms with Crippen LogP contribution >= 0.6 is 11.3 Å². The minimum Gasteiger partial charge on any atom is -0.507 e. The number of phenols is 1. The zero-order chi connectivity index (χ0) is 28.9. The van der Waals surface area contributed by atoms with Crippen molar-refractivity contribution in [1.29, 1.82) is 0 Å². The first-order chi connectivity index (χ1) is 19.9. The number of nitrogens with zero attached hydrogens (tertiary/aromatic N) is 4. The number of phenolic OH excluding ortho intramolecular Hbond substituents is 1. The lowest BCUT2D eigenvalue weighted by atomic mass is 9.97. The summed E-state index contributed by atoms with van der Waals surface area (Å²) in [5.41, 5.74) is 3.70. The molecule has 0 bridgehead atoms. The van der Waals surface area contributed by atoms with Gasteiger partial charge in [0.25, 0.3) is 5.91 Å². The second-order valence-electron chi connectivity index (χ2n) is 10.0. The lowest BCUT2D eigenvalue weighted by molar-refractivity contribution is 0.0712. The monoisotopic (exact) mass is 574 g/mol. The van der Waals surface area contributed by atoms with Gasteiger partial charge in [0.1, 0.15) is 11.6 Å². The van der Waals surface area contributed by atoms with E-state index in [1.165, 1.54) is 34.5 Å². The molecule has 1 aliphatic heterocycles. The number of likely N-dealkylation sites (N-methyl/N-ethyl adjacent to an activating group) is 1. The maximum atomic E-state index is 15.0. The van der Waals surface area contributed by atoms with E-state index in [2.05, 4.69) is 15.0 Å². The third kappa shape index (κ3) is 6.36. The lowest BCUT2D eigenvalue weighted by Crippen LogP contribution is -2.27. The number of thiophene rings is 1. The Morgan fingerprint density at radius 2 is 1.98 bits per heavy atom. The number of hydrogen-bond donors (Lipinski definition) is 2. The standard InChI is InChI=1S/C31H31FN4O4S/c1-35(2)12-13-40-19-21-6-3-4-7-23(21)28-10-11-29(41-28)31(39)36-26(30-24(32)8-5-9-27(30)38)15-25(34-36)22-14-20(18-37)16-33-17-22/h3-11,14,16-17,26,37-38H,12-13,15,18-19H2,1-2H3. The molecule has 0 fully saturated rings. The number of aliphatic hydroxyl groups excluding tert-OH is 1. The summed E-state index contributed by atoms with van der Waals surface area (Å²) < 4.78 is 20.9. The fourth-order valence-electron chi connectivity index (χ4n) is 4.71. The second-order valence-corrected chi connectivity index (χ2v) is 11.1. The first kappa shape index (κ1) is 28.6. The molecule has 1 amide bonds. The Morgan fingerprint density at radius 1 is 1.15 bits per heavy atom. The SMILES string of the molecule is CN(C)CCOCc1ccccc1-c1ccc(C(=O)N2N=C(c3cncc(CO)c3)CC2c2c(O)cccc2F)s1. The summed E-state index contributed by atoms with van der Waals surface area (Å²) in [7, 11) is 3.99. The molecule has 4 aromatic rings. The number of halogens is 1. The van der Waals surface area contributed by atoms with Crippen molar-refractivity contribution in [3.63, 3.8) is 0 Å². The molecule has 2 aromatic heterocycles. The summed E-state index contributed by atoms with van der Waals surface area (Å²) in [6, 6.07) is 16.5. The van der Waals surface area contributed by atoms with Crippen molar-refractivity contribution in [2.75, 3.05) is 27.2 Å². The number of hydrazone groups is 1. The normalized spacial score (nSPS) is 15.0. The highest BCUT2D eigenvalue weighted by Gasteiger charge is 2.37. The van der Waals surface area contributed by atoms with Gasteiger partial charge in [0, 0.05) is 35.8 Å². The van der Waals surface area contributed by atoms with E-state index in [0.717, 1.165) is 22.5 Å². The van der Waals surface area contributed by atoms with Crippen molar-refractivity contribution in [3.8, 4) is 16.2 Å². The molecular formula is C31H31FN4O4S. The molecule has 212 valence electrons. The van der Waals surface area contributed by atoms with Crippen LogP contribution in [0.25, 0.3) is 10.4 Å². The number of aliphatic hydroxyl groups is 1. The smallest absolute Gasteiger partial charge is 0.284 e. The molecule has 0 radical (unpaired) electrons. The molecule has 10 heteroatoms. The maximum Gasteiger partial charge on any atom is 0.284 e. The van der Waals surface area contributed by atoms with Crippen LogP contribution in [0.15, 0.2) is 78.2 Å². The average molecular weight is 575 g/mol. The average Bonchev–Trinajstić information content (AvgIpc) is 3.64. The van der Waals surface area contributed by atoms with Gasteiger partial charge >= 0.3 is 0 Å². The van der Waals surface area contributed by atoms with E-state index in [9.17, 15) is 15.0 Å². The minimum atomic E-state index is -0.862. The molecule has 2 N–H and O–H groups in total. The van der Waals surface area contributed by atoms with Crippen LogP contribution in [0.1, 0.15) is 44.4 Å². The van der Waals surface area contributed by atoms with Crippen LogP contribution in [0.4, 0.5) is 4.39 Å². The van der Waals surface area contributed by atoms with Crippen LogP contribution in [0.5, 0.6) is 5.75 Å². The molecule has 0 saturated carbocycles. The molecule has 1 aliphatic rings. The number of pyridine rings is 1. The molecule has 0 spiro atoms. The van der Waals surface area contributed by atoms with Gasteiger partial charge < -0.3 is 19.8 Å². The van der Waals surface area contributed by atoms with E-state index in [1.54, 1.807) is 24.5 Å². The Labute approximate surface area is 242 Å². The second kappa shape index (κ2) is 12.7. The number of benzene rings is 2. The molecule has 3 heterocycles. The maximum absolute atomic E-state index is 15.0. The highest BCUT2D eigenvalue weighted by Crippen LogP contribution is 2.40. The molecule has 0 aliphatic carbocycles. The molecule has 0 saturated heterocycles. The molecule has 5 rings (SSSR count). The summed E-state index contributed by atoms with van der Waals surface area (Å²) in [5, 5.41) is 26.0. The number of aromatic nitrogens is 1. The highest BCUT2D eigenvalue weighted by atomic mass is 32.1. The first-order valence-corrected chi connectivity index (χ1v) is 14.0. The van der Waals surface area contributed by atoms with Crippen LogP contribution < -0.4 is 0 Å². The van der Waals surface area contributed by atoms with Crippen molar-refractivity contribution >= 4 is 23.0 Å². The highest BCUT2D eigenvalue weighted by molar-refractivity contribution is 7.17. The fourth-order valence-corrected chi connectivity index (χ4v) is 5.71. The van der Waals surface area contributed by atoms with Crippen LogP contribution in [0.3, 0.4) is 0 Å². The van der Waals surface area contributed by atoms with Crippen molar-refractivity contribution in [3.05, 3.63) is 106 Å². The quantitative estimate of drug-likeness (QED) is 0.252. The summed E-state index contributed by atoms with van der Waals surface area (Å²) >= 11 is 1.32. The number of ether oxygens (including phenoxy) is 1. The van der Waals surface area contributed by atoms with E-state index in [4.69, 9.17) is 4.74 Å². The Balaban J connectivity index is 1.46. The summed E-state index contributed by atoms with van der Waals surface area (Å²) in [4.78, 5) is 21.4. The van der Waals surface area contributed by atoms with Crippen molar-refractivity contribution in [2.45, 2.75) is 25.7 Å². The first-order valence-electron chi connectivity index (χ1n) is 13.2. The van der Waals surface area contributed by atoms with Crippen LogP contribution in [-0.4, -0.2) is 64.0 Å².